The van der Waals surface area contributed by atoms with Gasteiger partial charge in [-0.15, -0.1) is 0 Å². The zero-order valence-electron chi connectivity index (χ0n) is 13.2. The molecule has 4 aromatic carbocycles. The van der Waals surface area contributed by atoms with E-state index in [-0.39, 0.29) is 0 Å². The maximum atomic E-state index is 6.18. The molecule has 0 amide bonds. The van der Waals surface area contributed by atoms with Gasteiger partial charge in [-0.1, -0.05) is 72.8 Å². The first kappa shape index (κ1) is 13.4. The molecule has 0 aliphatic carbocycles. The van der Waals surface area contributed by atoms with Crippen molar-refractivity contribution in [3.8, 4) is 22.6 Å². The average molecular weight is 308 g/mol. The van der Waals surface area contributed by atoms with E-state index in [9.17, 15) is 0 Å². The van der Waals surface area contributed by atoms with Crippen LogP contribution in [0.2, 0.25) is 0 Å². The molecule has 1 nitrogen and oxygen atoms in total. The molecule has 0 saturated heterocycles. The Hall–Kier alpha value is -3.06. The molecule has 0 unspecified atom stereocenters. The molecule has 0 radical (unpaired) electrons. The maximum absolute atomic E-state index is 6.18. The highest BCUT2D eigenvalue weighted by Gasteiger charge is 2.20. The van der Waals surface area contributed by atoms with Crippen LogP contribution in [0.1, 0.15) is 11.1 Å². The molecule has 0 spiro atoms. The summed E-state index contributed by atoms with van der Waals surface area (Å²) in [6, 6.07) is 29.7. The van der Waals surface area contributed by atoms with Gasteiger partial charge in [0.05, 0.1) is 0 Å². The Balaban J connectivity index is 1.80. The second kappa shape index (κ2) is 5.24. The summed E-state index contributed by atoms with van der Waals surface area (Å²) in [5.41, 5.74) is 5.05. The van der Waals surface area contributed by atoms with Gasteiger partial charge in [0.1, 0.15) is 11.5 Å². The molecule has 1 aliphatic heterocycles. The van der Waals surface area contributed by atoms with E-state index in [2.05, 4.69) is 72.8 Å². The van der Waals surface area contributed by atoms with Gasteiger partial charge in [0.2, 0.25) is 0 Å². The van der Waals surface area contributed by atoms with Crippen molar-refractivity contribution < 1.29 is 4.74 Å². The Labute approximate surface area is 141 Å². The van der Waals surface area contributed by atoms with Crippen LogP contribution in [-0.4, -0.2) is 0 Å². The van der Waals surface area contributed by atoms with Crippen molar-refractivity contribution in [1.29, 1.82) is 0 Å². The molecule has 5 rings (SSSR count). The largest absolute Gasteiger partial charge is 0.457 e. The molecule has 0 saturated carbocycles. The van der Waals surface area contributed by atoms with Gasteiger partial charge in [-0.25, -0.2) is 0 Å². The summed E-state index contributed by atoms with van der Waals surface area (Å²) in [6.45, 7) is 0. The summed E-state index contributed by atoms with van der Waals surface area (Å²) in [5.74, 6) is 1.95. The third-order valence-corrected chi connectivity index (χ3v) is 4.75. The van der Waals surface area contributed by atoms with Crippen LogP contribution in [0.4, 0.5) is 0 Å². The zero-order chi connectivity index (χ0) is 15.9. The number of hydrogen-bond acceptors (Lipinski definition) is 1. The predicted octanol–water partition coefficient (Wildman–Crippen LogP) is 6.20. The fourth-order valence-corrected chi connectivity index (χ4v) is 3.62. The Morgan fingerprint density at radius 1 is 0.625 bits per heavy atom. The first-order valence-corrected chi connectivity index (χ1v) is 8.26. The van der Waals surface area contributed by atoms with Crippen molar-refractivity contribution in [3.05, 3.63) is 96.1 Å². The Morgan fingerprint density at radius 3 is 2.38 bits per heavy atom. The zero-order valence-corrected chi connectivity index (χ0v) is 13.2. The van der Waals surface area contributed by atoms with Crippen LogP contribution in [0.25, 0.3) is 21.9 Å². The molecule has 114 valence electrons. The van der Waals surface area contributed by atoms with Crippen LogP contribution in [0.15, 0.2) is 84.9 Å². The van der Waals surface area contributed by atoms with Crippen LogP contribution in [-0.2, 0) is 6.42 Å². The molecular weight excluding hydrogens is 292 g/mol. The third-order valence-electron chi connectivity index (χ3n) is 4.75. The van der Waals surface area contributed by atoms with Gasteiger partial charge >= 0.3 is 0 Å². The van der Waals surface area contributed by atoms with Gasteiger partial charge in [0, 0.05) is 12.0 Å². The standard InChI is InChI=1S/C23H16O/c1-2-7-16(8-3-1)19-11-6-10-17-13-14-22-20(23(17)19)15-18-9-4-5-12-21(18)24-22/h1-14H,15H2. The Morgan fingerprint density at radius 2 is 1.46 bits per heavy atom. The molecule has 1 aliphatic rings. The second-order valence-electron chi connectivity index (χ2n) is 6.20. The summed E-state index contributed by atoms with van der Waals surface area (Å²) in [7, 11) is 0. The third kappa shape index (κ3) is 2.02. The molecule has 0 aromatic heterocycles. The lowest BCUT2D eigenvalue weighted by Crippen LogP contribution is -2.04. The van der Waals surface area contributed by atoms with Crippen LogP contribution >= 0.6 is 0 Å². The number of rotatable bonds is 1. The molecule has 0 atom stereocenters. The molecule has 1 heterocycles. The monoisotopic (exact) mass is 308 g/mol. The van der Waals surface area contributed by atoms with E-state index in [1.54, 1.807) is 0 Å². The van der Waals surface area contributed by atoms with Crippen LogP contribution in [0.5, 0.6) is 11.5 Å². The maximum Gasteiger partial charge on any atom is 0.131 e. The molecule has 0 N–H and O–H groups in total. The second-order valence-corrected chi connectivity index (χ2v) is 6.20. The highest BCUT2D eigenvalue weighted by molar-refractivity contribution is 6.00. The van der Waals surface area contributed by atoms with Gasteiger partial charge in [-0.2, -0.15) is 0 Å². The number of fused-ring (bicyclic) bond motifs is 4. The van der Waals surface area contributed by atoms with Gasteiger partial charge < -0.3 is 4.74 Å². The van der Waals surface area contributed by atoms with E-state index < -0.39 is 0 Å². The number of benzene rings is 4. The number of hydrogen-bond donors (Lipinski definition) is 0. The molecule has 4 aromatic rings. The lowest BCUT2D eigenvalue weighted by molar-refractivity contribution is 0.461. The predicted molar refractivity (Wildman–Crippen MR) is 98.7 cm³/mol. The van der Waals surface area contributed by atoms with E-state index in [0.29, 0.717) is 0 Å². The average Bonchev–Trinajstić information content (AvgIpc) is 2.66. The van der Waals surface area contributed by atoms with Crippen LogP contribution in [0.3, 0.4) is 0 Å². The van der Waals surface area contributed by atoms with Gasteiger partial charge in [0.15, 0.2) is 0 Å². The number of para-hydroxylation sites is 1. The van der Waals surface area contributed by atoms with Crippen LogP contribution in [0, 0.1) is 0 Å². The lowest BCUT2D eigenvalue weighted by atomic mass is 9.90. The minimum atomic E-state index is 0.909. The Bertz CT molecular complexity index is 1050. The molecule has 24 heavy (non-hydrogen) atoms. The fraction of sp³-hybridized carbons (Fsp3) is 0.0435. The summed E-state index contributed by atoms with van der Waals surface area (Å²) < 4.78 is 6.18. The van der Waals surface area contributed by atoms with E-state index >= 15 is 0 Å². The first-order chi connectivity index (χ1) is 11.9. The summed E-state index contributed by atoms with van der Waals surface area (Å²) in [6.07, 6.45) is 0.909. The van der Waals surface area contributed by atoms with Gasteiger partial charge in [-0.3, -0.25) is 0 Å². The van der Waals surface area contributed by atoms with Crippen LogP contribution < -0.4 is 4.74 Å². The van der Waals surface area contributed by atoms with Crippen molar-refractivity contribution in [2.75, 3.05) is 0 Å². The van der Waals surface area contributed by atoms with Crippen molar-refractivity contribution in [2.24, 2.45) is 0 Å². The van der Waals surface area contributed by atoms with Crippen molar-refractivity contribution in [1.82, 2.24) is 0 Å². The molecule has 1 heteroatoms. The van der Waals surface area contributed by atoms with E-state index in [0.717, 1.165) is 17.9 Å². The normalized spacial score (nSPS) is 12.3. The van der Waals surface area contributed by atoms with Gasteiger partial charge in [0.25, 0.3) is 0 Å². The fourth-order valence-electron chi connectivity index (χ4n) is 3.62. The SMILES string of the molecule is c1ccc(-c2cccc3ccc4c(c23)Cc2ccccc2O4)cc1. The molecular formula is C23H16O. The summed E-state index contributed by atoms with van der Waals surface area (Å²) >= 11 is 0. The highest BCUT2D eigenvalue weighted by Crippen LogP contribution is 2.42. The highest BCUT2D eigenvalue weighted by atomic mass is 16.5. The smallest absolute Gasteiger partial charge is 0.131 e. The summed E-state index contributed by atoms with van der Waals surface area (Å²) in [5, 5.41) is 2.56. The van der Waals surface area contributed by atoms with E-state index in [1.165, 1.54) is 33.0 Å². The molecule has 0 fully saturated rings. The number of ether oxygens (including phenoxy) is 1. The lowest BCUT2D eigenvalue weighted by Gasteiger charge is -2.23. The topological polar surface area (TPSA) is 9.23 Å². The van der Waals surface area contributed by atoms with E-state index in [1.807, 2.05) is 12.1 Å². The van der Waals surface area contributed by atoms with E-state index in [4.69, 9.17) is 4.74 Å². The van der Waals surface area contributed by atoms with Gasteiger partial charge in [-0.05, 0) is 39.6 Å². The van der Waals surface area contributed by atoms with Crippen molar-refractivity contribution in [2.45, 2.75) is 6.42 Å². The van der Waals surface area contributed by atoms with Crippen molar-refractivity contribution in [3.63, 3.8) is 0 Å². The van der Waals surface area contributed by atoms with Crippen molar-refractivity contribution >= 4 is 10.8 Å². The quantitative estimate of drug-likeness (QED) is 0.358. The minimum absolute atomic E-state index is 0.909. The first-order valence-electron chi connectivity index (χ1n) is 8.26. The molecule has 0 bridgehead atoms. The Kier molecular flexibility index (Phi) is 2.92. The minimum Gasteiger partial charge on any atom is -0.457 e. The summed E-state index contributed by atoms with van der Waals surface area (Å²) in [4.78, 5) is 0.